The van der Waals surface area contributed by atoms with Crippen LogP contribution in [0.25, 0.3) is 10.9 Å². The molecule has 0 saturated carbocycles. The second-order valence-corrected chi connectivity index (χ2v) is 5.07. The van der Waals surface area contributed by atoms with Crippen molar-refractivity contribution >= 4 is 10.9 Å². The molecule has 0 N–H and O–H groups in total. The summed E-state index contributed by atoms with van der Waals surface area (Å²) in [6.45, 7) is 5.19. The Bertz CT molecular complexity index is 728. The Hall–Kier alpha value is -2.48. The summed E-state index contributed by atoms with van der Waals surface area (Å²) in [5, 5.41) is 1.21. The number of hydrogen-bond donors (Lipinski definition) is 0. The summed E-state index contributed by atoms with van der Waals surface area (Å²) in [5.41, 5.74) is 2.61. The molecular formula is C19H19NO. The quantitative estimate of drug-likeness (QED) is 0.607. The Kier molecular flexibility index (Phi) is 4.06. The molecule has 1 heterocycles. The molecule has 3 aromatic rings. The van der Waals surface area contributed by atoms with Gasteiger partial charge in [-0.15, -0.1) is 0 Å². The minimum absolute atomic E-state index is 0.542. The molecule has 0 spiro atoms. The highest BCUT2D eigenvalue weighted by Gasteiger charge is 2.03. The Morgan fingerprint density at radius 3 is 2.71 bits per heavy atom. The van der Waals surface area contributed by atoms with Crippen molar-refractivity contribution in [1.29, 1.82) is 0 Å². The summed E-state index contributed by atoms with van der Waals surface area (Å²) in [4.78, 5) is 0. The van der Waals surface area contributed by atoms with Gasteiger partial charge in [0, 0.05) is 23.6 Å². The van der Waals surface area contributed by atoms with E-state index in [1.807, 2.05) is 6.07 Å². The summed E-state index contributed by atoms with van der Waals surface area (Å²) in [5.74, 6) is 0.892. The number of nitrogens with zero attached hydrogens (tertiary/aromatic N) is 1. The normalized spacial score (nSPS) is 10.7. The topological polar surface area (TPSA) is 14.2 Å². The maximum absolute atomic E-state index is 5.57. The van der Waals surface area contributed by atoms with E-state index < -0.39 is 0 Å². The maximum Gasteiger partial charge on any atom is 0.120 e. The fourth-order valence-corrected chi connectivity index (χ4v) is 2.51. The number of aryl methyl sites for hydroxylation is 2. The van der Waals surface area contributed by atoms with Crippen molar-refractivity contribution in [2.24, 2.45) is 0 Å². The van der Waals surface area contributed by atoms with Crippen molar-refractivity contribution < 1.29 is 4.74 Å². The lowest BCUT2D eigenvalue weighted by Crippen LogP contribution is -1.99. The number of benzene rings is 2. The van der Waals surface area contributed by atoms with E-state index in [2.05, 4.69) is 65.9 Å². The molecule has 0 amide bonds. The van der Waals surface area contributed by atoms with E-state index in [4.69, 9.17) is 4.74 Å². The SMILES string of the molecule is C=CCOc1ccc2c(ccn2CCc2ccccc2)c1. The Morgan fingerprint density at radius 1 is 1.05 bits per heavy atom. The molecule has 0 aliphatic rings. The van der Waals surface area contributed by atoms with Gasteiger partial charge < -0.3 is 9.30 Å². The fourth-order valence-electron chi connectivity index (χ4n) is 2.51. The molecule has 2 heteroatoms. The van der Waals surface area contributed by atoms with Gasteiger partial charge in [0.15, 0.2) is 0 Å². The summed E-state index contributed by atoms with van der Waals surface area (Å²) in [7, 11) is 0. The van der Waals surface area contributed by atoms with E-state index in [0.717, 1.165) is 18.7 Å². The number of hydrogen-bond acceptors (Lipinski definition) is 1. The van der Waals surface area contributed by atoms with Gasteiger partial charge in [0.05, 0.1) is 0 Å². The molecule has 0 fully saturated rings. The first-order valence-electron chi connectivity index (χ1n) is 7.23. The van der Waals surface area contributed by atoms with Crippen LogP contribution in [0.2, 0.25) is 0 Å². The lowest BCUT2D eigenvalue weighted by atomic mass is 10.1. The molecule has 0 unspecified atom stereocenters. The van der Waals surface area contributed by atoms with Crippen LogP contribution in [0.4, 0.5) is 0 Å². The van der Waals surface area contributed by atoms with Crippen LogP contribution < -0.4 is 4.74 Å². The highest BCUT2D eigenvalue weighted by Crippen LogP contribution is 2.22. The maximum atomic E-state index is 5.57. The van der Waals surface area contributed by atoms with Crippen LogP contribution in [-0.2, 0) is 13.0 Å². The molecule has 21 heavy (non-hydrogen) atoms. The van der Waals surface area contributed by atoms with Crippen LogP contribution in [-0.4, -0.2) is 11.2 Å². The first kappa shape index (κ1) is 13.5. The summed E-state index contributed by atoms with van der Waals surface area (Å²) >= 11 is 0. The van der Waals surface area contributed by atoms with E-state index >= 15 is 0 Å². The van der Waals surface area contributed by atoms with Gasteiger partial charge in [-0.3, -0.25) is 0 Å². The van der Waals surface area contributed by atoms with Crippen molar-refractivity contribution in [3.05, 3.63) is 79.0 Å². The van der Waals surface area contributed by atoms with Gasteiger partial charge >= 0.3 is 0 Å². The van der Waals surface area contributed by atoms with Crippen LogP contribution >= 0.6 is 0 Å². The molecule has 1 aromatic heterocycles. The van der Waals surface area contributed by atoms with E-state index in [1.54, 1.807) is 6.08 Å². The Morgan fingerprint density at radius 2 is 1.90 bits per heavy atom. The first-order valence-corrected chi connectivity index (χ1v) is 7.23. The van der Waals surface area contributed by atoms with Crippen LogP contribution in [0, 0.1) is 0 Å². The average molecular weight is 277 g/mol. The minimum atomic E-state index is 0.542. The van der Waals surface area contributed by atoms with E-state index in [1.165, 1.54) is 16.5 Å². The molecule has 0 aliphatic heterocycles. The Labute approximate surface area is 125 Å². The zero-order chi connectivity index (χ0) is 14.5. The van der Waals surface area contributed by atoms with Crippen molar-refractivity contribution in [1.82, 2.24) is 4.57 Å². The predicted octanol–water partition coefficient (Wildman–Crippen LogP) is 4.45. The average Bonchev–Trinajstić information content (AvgIpc) is 2.94. The third-order valence-corrected chi connectivity index (χ3v) is 3.59. The van der Waals surface area contributed by atoms with E-state index in [-0.39, 0.29) is 0 Å². The van der Waals surface area contributed by atoms with Crippen LogP contribution in [0.3, 0.4) is 0 Å². The predicted molar refractivity (Wildman–Crippen MR) is 87.8 cm³/mol. The zero-order valence-corrected chi connectivity index (χ0v) is 12.0. The summed E-state index contributed by atoms with van der Waals surface area (Å²) in [6, 6.07) is 18.9. The number of aromatic nitrogens is 1. The van der Waals surface area contributed by atoms with Gasteiger partial charge in [-0.05, 0) is 36.2 Å². The second-order valence-electron chi connectivity index (χ2n) is 5.07. The molecule has 2 nitrogen and oxygen atoms in total. The van der Waals surface area contributed by atoms with Gasteiger partial charge in [-0.1, -0.05) is 43.0 Å². The molecule has 3 rings (SSSR count). The molecule has 0 saturated heterocycles. The minimum Gasteiger partial charge on any atom is -0.490 e. The lowest BCUT2D eigenvalue weighted by Gasteiger charge is -2.07. The molecule has 0 aliphatic carbocycles. The van der Waals surface area contributed by atoms with Gasteiger partial charge in [0.1, 0.15) is 12.4 Å². The monoisotopic (exact) mass is 277 g/mol. The smallest absolute Gasteiger partial charge is 0.120 e. The molecule has 2 aromatic carbocycles. The highest BCUT2D eigenvalue weighted by molar-refractivity contribution is 5.81. The Balaban J connectivity index is 1.75. The van der Waals surface area contributed by atoms with Crippen molar-refractivity contribution in [3.63, 3.8) is 0 Å². The van der Waals surface area contributed by atoms with Crippen molar-refractivity contribution in [2.45, 2.75) is 13.0 Å². The second kappa shape index (κ2) is 6.31. The largest absolute Gasteiger partial charge is 0.490 e. The van der Waals surface area contributed by atoms with Gasteiger partial charge in [-0.25, -0.2) is 0 Å². The zero-order valence-electron chi connectivity index (χ0n) is 12.0. The van der Waals surface area contributed by atoms with Crippen LogP contribution in [0.5, 0.6) is 5.75 Å². The molecule has 0 atom stereocenters. The first-order chi connectivity index (χ1) is 10.4. The fraction of sp³-hybridized carbons (Fsp3) is 0.158. The summed E-state index contributed by atoms with van der Waals surface area (Å²) in [6.07, 6.45) is 4.94. The van der Waals surface area contributed by atoms with Crippen molar-refractivity contribution in [3.8, 4) is 5.75 Å². The van der Waals surface area contributed by atoms with Crippen molar-refractivity contribution in [2.75, 3.05) is 6.61 Å². The third kappa shape index (κ3) is 3.16. The third-order valence-electron chi connectivity index (χ3n) is 3.59. The van der Waals surface area contributed by atoms with Gasteiger partial charge in [0.2, 0.25) is 0 Å². The van der Waals surface area contributed by atoms with E-state index in [0.29, 0.717) is 6.61 Å². The standard InChI is InChI=1S/C19H19NO/c1-2-14-21-18-8-9-19-17(15-18)11-13-20(19)12-10-16-6-4-3-5-7-16/h2-9,11,13,15H,1,10,12,14H2. The van der Waals surface area contributed by atoms with Gasteiger partial charge in [0.25, 0.3) is 0 Å². The number of fused-ring (bicyclic) bond motifs is 1. The number of ether oxygens (including phenoxy) is 1. The molecule has 0 radical (unpaired) electrons. The van der Waals surface area contributed by atoms with Crippen LogP contribution in [0.15, 0.2) is 73.4 Å². The number of rotatable bonds is 6. The van der Waals surface area contributed by atoms with E-state index in [9.17, 15) is 0 Å². The lowest BCUT2D eigenvalue weighted by molar-refractivity contribution is 0.364. The van der Waals surface area contributed by atoms with Gasteiger partial charge in [-0.2, -0.15) is 0 Å². The summed E-state index contributed by atoms with van der Waals surface area (Å²) < 4.78 is 7.87. The highest BCUT2D eigenvalue weighted by atomic mass is 16.5. The molecule has 0 bridgehead atoms. The van der Waals surface area contributed by atoms with Crippen LogP contribution in [0.1, 0.15) is 5.56 Å². The molecular weight excluding hydrogens is 258 g/mol. The molecule has 106 valence electrons.